The molecule has 7 aliphatic rings. The Morgan fingerprint density at radius 2 is 1.63 bits per heavy atom. The van der Waals surface area contributed by atoms with Crippen molar-refractivity contribution in [2.24, 2.45) is 5.41 Å². The van der Waals surface area contributed by atoms with E-state index in [-0.39, 0.29) is 106 Å². The molecule has 11 rings (SSSR count). The SMILES string of the molecule is CC(C)(C)OC(=O)Nc1sc2c(F)ccc(-c3c4c(c5c(N6[C@@H]7CC[C@H]6CN(C(=O)OC(C)(C)C)C7)nc(OCC6(CN7CCC(F)(C(=O)N8C[C@H]9C[C@@H]8CO9)CC7)CC6)nc5c3F)COC4)c2c1C#N. The Morgan fingerprint density at radius 3 is 2.27 bits per heavy atom. The van der Waals surface area contributed by atoms with E-state index in [0.29, 0.717) is 68.2 Å². The number of halogens is 3. The van der Waals surface area contributed by atoms with Crippen LogP contribution in [-0.4, -0.2) is 136 Å². The Bertz CT molecular complexity index is 2890. The molecule has 0 unspecified atom stereocenters. The fraction of sp³-hybridized carbons (Fsp3) is 0.608. The predicted octanol–water partition coefficient (Wildman–Crippen LogP) is 8.59. The fourth-order valence-corrected chi connectivity index (χ4v) is 12.7. The Hall–Kier alpha value is -5.49. The Balaban J connectivity index is 0.942. The van der Waals surface area contributed by atoms with E-state index in [4.69, 9.17) is 33.7 Å². The molecule has 1 N–H and O–H groups in total. The summed E-state index contributed by atoms with van der Waals surface area (Å²) in [5.41, 5.74) is -2.39. The van der Waals surface area contributed by atoms with Gasteiger partial charge in [-0.1, -0.05) is 6.07 Å². The van der Waals surface area contributed by atoms with E-state index in [1.807, 2.05) is 20.8 Å². The summed E-state index contributed by atoms with van der Waals surface area (Å²) in [5, 5.41) is 13.8. The highest BCUT2D eigenvalue weighted by Crippen LogP contribution is 2.51. The molecule has 8 heterocycles. The maximum absolute atomic E-state index is 18.2. The second-order valence-electron chi connectivity index (χ2n) is 22.5. The lowest BCUT2D eigenvalue weighted by atomic mass is 9.90. The lowest BCUT2D eigenvalue weighted by Gasteiger charge is -2.42. The average molecular weight is 1000 g/mol. The third-order valence-electron chi connectivity index (χ3n) is 15.1. The molecular formula is C51H59F3N8O8S. The van der Waals surface area contributed by atoms with Gasteiger partial charge in [0.1, 0.15) is 39.4 Å². The minimum absolute atomic E-state index is 0.00244. The van der Waals surface area contributed by atoms with E-state index >= 15 is 13.2 Å². The highest BCUT2D eigenvalue weighted by atomic mass is 32.1. The molecule has 0 radical (unpaired) electrons. The summed E-state index contributed by atoms with van der Waals surface area (Å²) in [6.45, 7) is 14.0. The first-order chi connectivity index (χ1) is 33.7. The van der Waals surface area contributed by atoms with Gasteiger partial charge in [0.15, 0.2) is 11.5 Å². The van der Waals surface area contributed by atoms with Crippen molar-refractivity contribution in [3.63, 3.8) is 0 Å². The largest absolute Gasteiger partial charge is 0.463 e. The van der Waals surface area contributed by atoms with Crippen molar-refractivity contribution in [2.75, 3.05) is 62.7 Å². The van der Waals surface area contributed by atoms with Crippen molar-refractivity contribution in [1.29, 1.82) is 5.26 Å². The van der Waals surface area contributed by atoms with E-state index in [1.54, 1.807) is 30.6 Å². The minimum atomic E-state index is -1.91. The van der Waals surface area contributed by atoms with E-state index in [0.717, 1.165) is 43.4 Å². The van der Waals surface area contributed by atoms with E-state index in [9.17, 15) is 19.6 Å². The van der Waals surface area contributed by atoms with Crippen molar-refractivity contribution in [2.45, 2.75) is 141 Å². The number of hydrogen-bond acceptors (Lipinski definition) is 14. The summed E-state index contributed by atoms with van der Waals surface area (Å²) in [7, 11) is 0. The number of alkyl halides is 1. The van der Waals surface area contributed by atoms with Crippen LogP contribution in [0.15, 0.2) is 12.1 Å². The number of nitrogens with zero attached hydrogens (tertiary/aromatic N) is 7. The number of aromatic nitrogens is 2. The number of carbonyl (C=O) groups excluding carboxylic acids is 3. The molecule has 4 atom stereocenters. The zero-order valence-electron chi connectivity index (χ0n) is 40.9. The second-order valence-corrected chi connectivity index (χ2v) is 23.6. The lowest BCUT2D eigenvalue weighted by molar-refractivity contribution is -0.152. The molecular weight excluding hydrogens is 942 g/mol. The molecule has 6 fully saturated rings. The van der Waals surface area contributed by atoms with Crippen LogP contribution in [0.25, 0.3) is 32.1 Å². The minimum Gasteiger partial charge on any atom is -0.463 e. The van der Waals surface area contributed by atoms with Crippen LogP contribution in [0.5, 0.6) is 6.01 Å². The van der Waals surface area contributed by atoms with Gasteiger partial charge in [-0.2, -0.15) is 15.2 Å². The lowest BCUT2D eigenvalue weighted by Crippen LogP contribution is -2.56. The Morgan fingerprint density at radius 1 is 0.930 bits per heavy atom. The fourth-order valence-electron chi connectivity index (χ4n) is 11.6. The van der Waals surface area contributed by atoms with Crippen LogP contribution >= 0.6 is 11.3 Å². The van der Waals surface area contributed by atoms with Crippen LogP contribution in [0.2, 0.25) is 0 Å². The summed E-state index contributed by atoms with van der Waals surface area (Å²) in [6.07, 6.45) is 2.91. The van der Waals surface area contributed by atoms with Crippen molar-refractivity contribution < 1.29 is 51.2 Å². The Labute approximate surface area is 413 Å². The van der Waals surface area contributed by atoms with Gasteiger partial charge in [0.25, 0.3) is 5.91 Å². The number of morpholine rings is 1. The van der Waals surface area contributed by atoms with Crippen molar-refractivity contribution >= 4 is 61.2 Å². The first-order valence-electron chi connectivity index (χ1n) is 24.7. The summed E-state index contributed by atoms with van der Waals surface area (Å²) < 4.78 is 79.9. The number of ether oxygens (including phenoxy) is 5. The number of amides is 3. The van der Waals surface area contributed by atoms with Gasteiger partial charge >= 0.3 is 18.2 Å². The molecule has 4 bridgehead atoms. The van der Waals surface area contributed by atoms with Crippen LogP contribution < -0.4 is 15.0 Å². The van der Waals surface area contributed by atoms with Gasteiger partial charge in [0.05, 0.1) is 54.2 Å². The molecule has 6 aliphatic heterocycles. The number of anilines is 2. The number of likely N-dealkylation sites (tertiary alicyclic amines) is 3. The zero-order chi connectivity index (χ0) is 49.9. The topological polar surface area (TPSA) is 172 Å². The monoisotopic (exact) mass is 1000 g/mol. The number of benzene rings is 2. The molecule has 0 spiro atoms. The van der Waals surface area contributed by atoms with Gasteiger partial charge in [0, 0.05) is 80.6 Å². The highest BCUT2D eigenvalue weighted by molar-refractivity contribution is 7.23. The highest BCUT2D eigenvalue weighted by Gasteiger charge is 2.53. The third-order valence-corrected chi connectivity index (χ3v) is 16.3. The molecule has 2 aromatic heterocycles. The molecule has 378 valence electrons. The van der Waals surface area contributed by atoms with Crippen molar-refractivity contribution in [3.05, 3.63) is 40.5 Å². The number of thiophene rings is 1. The number of carbonyl (C=O) groups is 3. The predicted molar refractivity (Wildman–Crippen MR) is 257 cm³/mol. The number of hydrogen-bond donors (Lipinski definition) is 1. The molecule has 16 nitrogen and oxygen atoms in total. The van der Waals surface area contributed by atoms with Gasteiger partial charge in [0.2, 0.25) is 0 Å². The molecule has 71 heavy (non-hydrogen) atoms. The number of nitrogens with one attached hydrogen (secondary N) is 1. The van der Waals surface area contributed by atoms with E-state index < -0.39 is 46.6 Å². The standard InChI is InChI=1S/C51H59F3N8O8S/c1-48(2,3)69-46(64)58-43-32(18-55)37-31(9-10-35(52)41(37)71-43)36-33-23-66-24-34(33)38-40(39(36)53)56-45(57-42(38)62-27-7-8-28(62)20-60(19-27)47(65)70-49(4,5)6)68-26-50(11-12-50)25-59-15-13-51(54,14-16-59)44(63)61-21-30-17-29(61)22-67-30/h9-10,27-30H,7-8,11-17,19-26H2,1-6H3,(H,58,64)/t27-,28+,29-,30-/m1/s1. The first kappa shape index (κ1) is 47.8. The summed E-state index contributed by atoms with van der Waals surface area (Å²) >= 11 is 0.857. The summed E-state index contributed by atoms with van der Waals surface area (Å²) in [6, 6.07) is 4.30. The Kier molecular flexibility index (Phi) is 11.7. The summed E-state index contributed by atoms with van der Waals surface area (Å²) in [5.74, 6) is -1.36. The van der Waals surface area contributed by atoms with E-state index in [2.05, 4.69) is 21.2 Å². The van der Waals surface area contributed by atoms with Gasteiger partial charge in [-0.15, -0.1) is 11.3 Å². The third kappa shape index (κ3) is 8.77. The summed E-state index contributed by atoms with van der Waals surface area (Å²) in [4.78, 5) is 57.5. The van der Waals surface area contributed by atoms with Gasteiger partial charge in [-0.25, -0.2) is 22.8 Å². The maximum atomic E-state index is 18.2. The quantitative estimate of drug-likeness (QED) is 0.169. The molecule has 2 aromatic carbocycles. The smallest absolute Gasteiger partial charge is 0.412 e. The maximum Gasteiger partial charge on any atom is 0.412 e. The number of nitriles is 1. The first-order valence-corrected chi connectivity index (χ1v) is 25.5. The van der Waals surface area contributed by atoms with Crippen LogP contribution in [0, 0.1) is 28.4 Å². The zero-order valence-corrected chi connectivity index (χ0v) is 41.7. The number of fused-ring (bicyclic) bond motifs is 8. The van der Waals surface area contributed by atoms with Crippen LogP contribution in [0.4, 0.5) is 33.6 Å². The second kappa shape index (κ2) is 17.3. The molecule has 20 heteroatoms. The number of rotatable bonds is 9. The molecule has 3 amide bonds. The normalized spacial score (nSPS) is 24.4. The molecule has 4 aromatic rings. The van der Waals surface area contributed by atoms with Crippen LogP contribution in [0.1, 0.15) is 103 Å². The van der Waals surface area contributed by atoms with Gasteiger partial charge < -0.3 is 43.3 Å². The van der Waals surface area contributed by atoms with Crippen LogP contribution in [0.3, 0.4) is 0 Å². The number of piperazine rings is 1. The molecule has 5 saturated heterocycles. The number of piperidine rings is 1. The average Bonchev–Trinajstić information content (AvgIpc) is 3.84. The van der Waals surface area contributed by atoms with Gasteiger partial charge in [-0.3, -0.25) is 10.1 Å². The molecule has 1 saturated carbocycles. The molecule has 1 aliphatic carbocycles. The van der Waals surface area contributed by atoms with Crippen molar-refractivity contribution in [1.82, 2.24) is 24.7 Å². The van der Waals surface area contributed by atoms with Gasteiger partial charge in [-0.05, 0) is 96.4 Å². The van der Waals surface area contributed by atoms with E-state index in [1.165, 1.54) is 12.1 Å². The van der Waals surface area contributed by atoms with Crippen molar-refractivity contribution in [3.8, 4) is 23.2 Å². The van der Waals surface area contributed by atoms with Crippen LogP contribution in [-0.2, 0) is 37.0 Å².